The van der Waals surface area contributed by atoms with Crippen molar-refractivity contribution in [3.63, 3.8) is 0 Å². The highest BCUT2D eigenvalue weighted by Gasteiger charge is 2.46. The number of aryl methyl sites for hydroxylation is 1. The quantitative estimate of drug-likeness (QED) is 0.770. The first-order chi connectivity index (χ1) is 7.74. The lowest BCUT2D eigenvalue weighted by atomic mass is 10.00. The van der Waals surface area contributed by atoms with Crippen molar-refractivity contribution < 1.29 is 14.1 Å². The maximum Gasteiger partial charge on any atom is 0.324 e. The second-order valence-electron chi connectivity index (χ2n) is 4.18. The average molecular weight is 223 g/mol. The number of hydrogen-bond donors (Lipinski definition) is 1. The van der Waals surface area contributed by atoms with Gasteiger partial charge in [0.2, 0.25) is 5.88 Å². The van der Waals surface area contributed by atoms with E-state index < -0.39 is 0 Å². The molecule has 86 valence electrons. The second-order valence-corrected chi connectivity index (χ2v) is 4.18. The van der Waals surface area contributed by atoms with Crippen LogP contribution in [0, 0.1) is 6.92 Å². The molecule has 1 N–H and O–H groups in total. The monoisotopic (exact) mass is 223 g/mol. The summed E-state index contributed by atoms with van der Waals surface area (Å²) in [5, 5.41) is 6.39. The Bertz CT molecular complexity index is 417. The van der Waals surface area contributed by atoms with Gasteiger partial charge in [-0.05, 0) is 13.3 Å². The molecule has 0 aliphatic carbocycles. The van der Waals surface area contributed by atoms with E-state index in [1.807, 2.05) is 6.92 Å². The third-order valence-electron chi connectivity index (χ3n) is 3.07. The minimum absolute atomic E-state index is 0.136. The Labute approximate surface area is 92.5 Å². The van der Waals surface area contributed by atoms with Gasteiger partial charge in [0.25, 0.3) is 0 Å². The minimum Gasteiger partial charge on any atom is -0.374 e. The van der Waals surface area contributed by atoms with E-state index in [1.54, 1.807) is 11.0 Å². The van der Waals surface area contributed by atoms with Crippen molar-refractivity contribution >= 4 is 11.9 Å². The molecule has 2 saturated heterocycles. The van der Waals surface area contributed by atoms with Crippen molar-refractivity contribution in [2.24, 2.45) is 0 Å². The molecule has 0 aromatic carbocycles. The topological polar surface area (TPSA) is 67.6 Å². The van der Waals surface area contributed by atoms with E-state index in [-0.39, 0.29) is 18.2 Å². The van der Waals surface area contributed by atoms with E-state index in [0.29, 0.717) is 12.4 Å². The number of nitrogens with zero attached hydrogens (tertiary/aromatic N) is 2. The lowest BCUT2D eigenvalue weighted by molar-refractivity contribution is -0.0117. The van der Waals surface area contributed by atoms with E-state index in [9.17, 15) is 4.79 Å². The molecule has 0 spiro atoms. The number of anilines is 1. The van der Waals surface area contributed by atoms with Crippen LogP contribution in [0.15, 0.2) is 10.6 Å². The summed E-state index contributed by atoms with van der Waals surface area (Å²) in [5.41, 5.74) is 0.751. The normalized spacial score (nSPS) is 27.4. The maximum absolute atomic E-state index is 11.8. The highest BCUT2D eigenvalue weighted by Crippen LogP contribution is 2.30. The Morgan fingerprint density at radius 3 is 3.25 bits per heavy atom. The zero-order valence-corrected chi connectivity index (χ0v) is 8.97. The van der Waals surface area contributed by atoms with Crippen LogP contribution in [-0.4, -0.2) is 41.4 Å². The number of aromatic nitrogens is 1. The van der Waals surface area contributed by atoms with Crippen LogP contribution in [0.25, 0.3) is 0 Å². The first-order valence-corrected chi connectivity index (χ1v) is 5.36. The fraction of sp³-hybridized carbons (Fsp3) is 0.600. The van der Waals surface area contributed by atoms with Gasteiger partial charge >= 0.3 is 6.03 Å². The van der Waals surface area contributed by atoms with Gasteiger partial charge in [-0.3, -0.25) is 5.32 Å². The van der Waals surface area contributed by atoms with Crippen LogP contribution >= 0.6 is 0 Å². The van der Waals surface area contributed by atoms with E-state index >= 15 is 0 Å². The number of fused-ring (bicyclic) bond motifs is 1. The Morgan fingerprint density at radius 1 is 1.69 bits per heavy atom. The van der Waals surface area contributed by atoms with Crippen LogP contribution in [0.2, 0.25) is 0 Å². The fourth-order valence-corrected chi connectivity index (χ4v) is 2.19. The van der Waals surface area contributed by atoms with Gasteiger partial charge in [0.1, 0.15) is 0 Å². The largest absolute Gasteiger partial charge is 0.374 e. The van der Waals surface area contributed by atoms with Gasteiger partial charge in [-0.15, -0.1) is 0 Å². The number of rotatable bonds is 1. The molecule has 6 nitrogen and oxygen atoms in total. The number of hydrogen-bond acceptors (Lipinski definition) is 4. The molecule has 6 heteroatoms. The Hall–Kier alpha value is -1.56. The van der Waals surface area contributed by atoms with Gasteiger partial charge < -0.3 is 14.2 Å². The number of nitrogens with one attached hydrogen (secondary N) is 1. The van der Waals surface area contributed by atoms with E-state index in [2.05, 4.69) is 10.5 Å². The fourth-order valence-electron chi connectivity index (χ4n) is 2.19. The molecule has 0 unspecified atom stereocenters. The van der Waals surface area contributed by atoms with E-state index in [4.69, 9.17) is 9.26 Å². The Kier molecular flexibility index (Phi) is 2.10. The molecule has 3 rings (SSSR count). The molecule has 0 saturated carbocycles. The third-order valence-corrected chi connectivity index (χ3v) is 3.07. The number of carbonyl (C=O) groups is 1. The number of ether oxygens (including phenoxy) is 1. The van der Waals surface area contributed by atoms with E-state index in [0.717, 1.165) is 18.7 Å². The average Bonchev–Trinajstić information content (AvgIpc) is 2.75. The first kappa shape index (κ1) is 9.65. The summed E-state index contributed by atoms with van der Waals surface area (Å²) in [6.07, 6.45) is 1.16. The second kappa shape index (κ2) is 3.48. The lowest BCUT2D eigenvalue weighted by Crippen LogP contribution is -2.61. The van der Waals surface area contributed by atoms with Gasteiger partial charge in [-0.25, -0.2) is 4.79 Å². The van der Waals surface area contributed by atoms with Gasteiger partial charge in [0.05, 0.1) is 24.4 Å². The van der Waals surface area contributed by atoms with Crippen LogP contribution in [0.3, 0.4) is 0 Å². The van der Waals surface area contributed by atoms with Crippen LogP contribution < -0.4 is 5.32 Å². The number of likely N-dealkylation sites (tertiary alicyclic amines) is 1. The van der Waals surface area contributed by atoms with Gasteiger partial charge in [0.15, 0.2) is 0 Å². The molecule has 2 aliphatic heterocycles. The van der Waals surface area contributed by atoms with Crippen molar-refractivity contribution in [1.82, 2.24) is 10.1 Å². The molecule has 16 heavy (non-hydrogen) atoms. The lowest BCUT2D eigenvalue weighted by Gasteiger charge is -2.42. The summed E-state index contributed by atoms with van der Waals surface area (Å²) in [6.45, 7) is 3.23. The zero-order chi connectivity index (χ0) is 11.1. The molecule has 1 aromatic rings. The SMILES string of the molecule is Cc1cc(NC(=O)N2C[C@@H]3OCC[C@@H]32)on1. The van der Waals surface area contributed by atoms with Crippen LogP contribution in [-0.2, 0) is 4.74 Å². The first-order valence-electron chi connectivity index (χ1n) is 5.36. The third kappa shape index (κ3) is 1.46. The molecular weight excluding hydrogens is 210 g/mol. The molecule has 2 fully saturated rings. The standard InChI is InChI=1S/C10H13N3O3/c1-6-4-9(16-12-6)11-10(14)13-5-8-7(13)2-3-15-8/h4,7-8H,2-3,5H2,1H3,(H,11,14)/t7-,8-/m0/s1. The minimum atomic E-state index is -0.136. The maximum atomic E-state index is 11.8. The van der Waals surface area contributed by atoms with Crippen LogP contribution in [0.1, 0.15) is 12.1 Å². The van der Waals surface area contributed by atoms with Crippen molar-refractivity contribution in [1.29, 1.82) is 0 Å². The highest BCUT2D eigenvalue weighted by molar-refractivity contribution is 5.88. The smallest absolute Gasteiger partial charge is 0.324 e. The zero-order valence-electron chi connectivity index (χ0n) is 8.97. The van der Waals surface area contributed by atoms with Gasteiger partial charge in [0, 0.05) is 12.7 Å². The Morgan fingerprint density at radius 2 is 2.56 bits per heavy atom. The molecule has 2 amide bonds. The van der Waals surface area contributed by atoms with Gasteiger partial charge in [-0.2, -0.15) is 0 Å². The predicted molar refractivity (Wildman–Crippen MR) is 55.1 cm³/mol. The highest BCUT2D eigenvalue weighted by atomic mass is 16.5. The van der Waals surface area contributed by atoms with Crippen molar-refractivity contribution in [2.45, 2.75) is 25.5 Å². The number of urea groups is 1. The Balaban J connectivity index is 1.62. The van der Waals surface area contributed by atoms with Crippen LogP contribution in [0.4, 0.5) is 10.7 Å². The molecule has 3 heterocycles. The number of carbonyl (C=O) groups excluding carboxylic acids is 1. The molecule has 2 atom stereocenters. The number of amides is 2. The van der Waals surface area contributed by atoms with Crippen LogP contribution in [0.5, 0.6) is 0 Å². The summed E-state index contributed by atoms with van der Waals surface area (Å²) in [5.74, 6) is 0.393. The van der Waals surface area contributed by atoms with Crippen molar-refractivity contribution in [3.05, 3.63) is 11.8 Å². The van der Waals surface area contributed by atoms with Gasteiger partial charge in [-0.1, -0.05) is 5.16 Å². The molecule has 1 aromatic heterocycles. The van der Waals surface area contributed by atoms with Crippen molar-refractivity contribution in [2.75, 3.05) is 18.5 Å². The summed E-state index contributed by atoms with van der Waals surface area (Å²) in [4.78, 5) is 13.6. The van der Waals surface area contributed by atoms with E-state index in [1.165, 1.54) is 0 Å². The molecule has 0 radical (unpaired) electrons. The summed E-state index contributed by atoms with van der Waals surface area (Å²) < 4.78 is 10.4. The van der Waals surface area contributed by atoms with Crippen molar-refractivity contribution in [3.8, 4) is 0 Å². The molecule has 2 aliphatic rings. The summed E-state index contributed by atoms with van der Waals surface area (Å²) in [7, 11) is 0. The summed E-state index contributed by atoms with van der Waals surface area (Å²) >= 11 is 0. The molecule has 0 bridgehead atoms. The molecular formula is C10H13N3O3. The summed E-state index contributed by atoms with van der Waals surface area (Å²) in [6, 6.07) is 1.80. The predicted octanol–water partition coefficient (Wildman–Crippen LogP) is 0.988.